The molecule has 0 bridgehead atoms. The Kier molecular flexibility index (Phi) is 4.23. The summed E-state index contributed by atoms with van der Waals surface area (Å²) >= 11 is 0. The highest BCUT2D eigenvalue weighted by Gasteiger charge is 2.14. The fraction of sp³-hybridized carbons (Fsp3) is 0.571. The molecular weight excluding hydrogens is 198 g/mol. The lowest BCUT2D eigenvalue weighted by Crippen LogP contribution is -2.19. The first-order chi connectivity index (χ1) is 7.88. The second-order valence-corrected chi connectivity index (χ2v) is 4.55. The largest absolute Gasteiger partial charge is 0.490 e. The number of hydrogen-bond donors (Lipinski definition) is 1. The van der Waals surface area contributed by atoms with Gasteiger partial charge in [0.25, 0.3) is 0 Å². The highest BCUT2D eigenvalue weighted by Crippen LogP contribution is 2.23. The second kappa shape index (κ2) is 5.90. The quantitative estimate of drug-likeness (QED) is 0.840. The summed E-state index contributed by atoms with van der Waals surface area (Å²) < 4.78 is 5.97. The molecule has 1 aliphatic carbocycles. The molecule has 0 atom stereocenters. The summed E-state index contributed by atoms with van der Waals surface area (Å²) in [6.07, 6.45) is 6.91. The first-order valence-electron chi connectivity index (χ1n) is 6.28. The summed E-state index contributed by atoms with van der Waals surface area (Å²) in [5.74, 6) is 1.02. The predicted molar refractivity (Wildman–Crippen MR) is 66.7 cm³/mol. The topological polar surface area (TPSA) is 21.3 Å². The van der Waals surface area contributed by atoms with Crippen LogP contribution in [0.15, 0.2) is 24.3 Å². The van der Waals surface area contributed by atoms with E-state index in [9.17, 15) is 0 Å². The minimum Gasteiger partial charge on any atom is -0.490 e. The molecule has 0 radical (unpaired) electrons. The van der Waals surface area contributed by atoms with E-state index in [-0.39, 0.29) is 0 Å². The number of ether oxygens (including phenoxy) is 1. The third kappa shape index (κ3) is 3.24. The lowest BCUT2D eigenvalue weighted by Gasteiger charge is -2.23. The van der Waals surface area contributed by atoms with E-state index in [1.54, 1.807) is 0 Å². The van der Waals surface area contributed by atoms with E-state index in [1.807, 2.05) is 7.05 Å². The summed E-state index contributed by atoms with van der Waals surface area (Å²) in [6, 6.07) is 8.44. The van der Waals surface area contributed by atoms with Crippen molar-refractivity contribution in [1.82, 2.24) is 5.32 Å². The maximum Gasteiger partial charge on any atom is 0.119 e. The normalized spacial score (nSPS) is 17.3. The zero-order valence-electron chi connectivity index (χ0n) is 10.0. The summed E-state index contributed by atoms with van der Waals surface area (Å²) in [5, 5.41) is 3.14. The van der Waals surface area contributed by atoms with Gasteiger partial charge < -0.3 is 10.1 Å². The van der Waals surface area contributed by atoms with Crippen LogP contribution in [0.25, 0.3) is 0 Å². The van der Waals surface area contributed by atoms with Gasteiger partial charge >= 0.3 is 0 Å². The van der Waals surface area contributed by atoms with E-state index in [2.05, 4.69) is 29.6 Å². The molecule has 0 unspecified atom stereocenters. The molecule has 0 heterocycles. The SMILES string of the molecule is CNCc1ccc(OC2CCCCC2)cc1. The molecule has 1 aromatic rings. The van der Waals surface area contributed by atoms with Gasteiger partial charge in [0.15, 0.2) is 0 Å². The Labute approximate surface area is 98.0 Å². The average molecular weight is 219 g/mol. The summed E-state index contributed by atoms with van der Waals surface area (Å²) in [5.41, 5.74) is 1.30. The zero-order chi connectivity index (χ0) is 11.2. The van der Waals surface area contributed by atoms with Crippen LogP contribution >= 0.6 is 0 Å². The van der Waals surface area contributed by atoms with Crippen molar-refractivity contribution in [3.05, 3.63) is 29.8 Å². The maximum atomic E-state index is 5.97. The maximum absolute atomic E-state index is 5.97. The highest BCUT2D eigenvalue weighted by atomic mass is 16.5. The first-order valence-corrected chi connectivity index (χ1v) is 6.28. The van der Waals surface area contributed by atoms with Gasteiger partial charge in [-0.2, -0.15) is 0 Å². The van der Waals surface area contributed by atoms with Gasteiger partial charge in [-0.05, 0) is 50.4 Å². The molecule has 88 valence electrons. The van der Waals surface area contributed by atoms with Gasteiger partial charge in [-0.15, -0.1) is 0 Å². The predicted octanol–water partition coefficient (Wildman–Crippen LogP) is 3.12. The number of nitrogens with one attached hydrogen (secondary N) is 1. The number of hydrogen-bond acceptors (Lipinski definition) is 2. The number of rotatable bonds is 4. The molecule has 2 rings (SSSR count). The average Bonchev–Trinajstić information content (AvgIpc) is 2.33. The van der Waals surface area contributed by atoms with Gasteiger partial charge in [0, 0.05) is 6.54 Å². The third-order valence-electron chi connectivity index (χ3n) is 3.16. The molecule has 1 aromatic carbocycles. The van der Waals surface area contributed by atoms with Crippen molar-refractivity contribution < 1.29 is 4.74 Å². The van der Waals surface area contributed by atoms with Crippen molar-refractivity contribution >= 4 is 0 Å². The van der Waals surface area contributed by atoms with Gasteiger partial charge in [-0.1, -0.05) is 18.6 Å². The van der Waals surface area contributed by atoms with Crippen LogP contribution in [0.4, 0.5) is 0 Å². The summed E-state index contributed by atoms with van der Waals surface area (Å²) in [4.78, 5) is 0. The Morgan fingerprint density at radius 3 is 2.44 bits per heavy atom. The summed E-state index contributed by atoms with van der Waals surface area (Å²) in [6.45, 7) is 0.920. The van der Waals surface area contributed by atoms with E-state index in [1.165, 1.54) is 37.7 Å². The minimum atomic E-state index is 0.448. The van der Waals surface area contributed by atoms with Crippen LogP contribution in [0.5, 0.6) is 5.75 Å². The zero-order valence-corrected chi connectivity index (χ0v) is 10.0. The van der Waals surface area contributed by atoms with Crippen LogP contribution in [-0.2, 0) is 6.54 Å². The molecule has 2 nitrogen and oxygen atoms in total. The molecule has 16 heavy (non-hydrogen) atoms. The molecule has 0 spiro atoms. The fourth-order valence-electron chi connectivity index (χ4n) is 2.27. The van der Waals surface area contributed by atoms with Gasteiger partial charge in [0.1, 0.15) is 5.75 Å². The molecule has 2 heteroatoms. The smallest absolute Gasteiger partial charge is 0.119 e. The second-order valence-electron chi connectivity index (χ2n) is 4.55. The van der Waals surface area contributed by atoms with Crippen molar-refractivity contribution in [2.45, 2.75) is 44.8 Å². The molecule has 1 fully saturated rings. The Morgan fingerprint density at radius 1 is 1.12 bits per heavy atom. The van der Waals surface area contributed by atoms with Gasteiger partial charge in [-0.3, -0.25) is 0 Å². The standard InChI is InChI=1S/C14H21NO/c1-15-11-12-7-9-14(10-8-12)16-13-5-3-2-4-6-13/h7-10,13,15H,2-6,11H2,1H3. The minimum absolute atomic E-state index is 0.448. The molecule has 0 aliphatic heterocycles. The highest BCUT2D eigenvalue weighted by molar-refractivity contribution is 5.27. The van der Waals surface area contributed by atoms with Crippen LogP contribution < -0.4 is 10.1 Å². The van der Waals surface area contributed by atoms with Crippen LogP contribution in [0.1, 0.15) is 37.7 Å². The van der Waals surface area contributed by atoms with Crippen molar-refractivity contribution in [3.63, 3.8) is 0 Å². The van der Waals surface area contributed by atoms with E-state index >= 15 is 0 Å². The van der Waals surface area contributed by atoms with Gasteiger partial charge in [0.2, 0.25) is 0 Å². The van der Waals surface area contributed by atoms with Crippen molar-refractivity contribution in [2.75, 3.05) is 7.05 Å². The van der Waals surface area contributed by atoms with Crippen molar-refractivity contribution in [2.24, 2.45) is 0 Å². The Morgan fingerprint density at radius 2 is 1.81 bits per heavy atom. The summed E-state index contributed by atoms with van der Waals surface area (Å²) in [7, 11) is 1.96. The fourth-order valence-corrected chi connectivity index (χ4v) is 2.27. The lowest BCUT2D eigenvalue weighted by atomic mass is 9.98. The molecule has 0 aromatic heterocycles. The van der Waals surface area contributed by atoms with E-state index in [0.29, 0.717) is 6.10 Å². The van der Waals surface area contributed by atoms with Crippen molar-refractivity contribution in [1.29, 1.82) is 0 Å². The molecule has 1 N–H and O–H groups in total. The van der Waals surface area contributed by atoms with E-state index in [0.717, 1.165) is 12.3 Å². The van der Waals surface area contributed by atoms with Crippen LogP contribution in [0.3, 0.4) is 0 Å². The molecular formula is C14H21NO. The molecule has 1 saturated carbocycles. The van der Waals surface area contributed by atoms with Gasteiger partial charge in [0.05, 0.1) is 6.10 Å². The Hall–Kier alpha value is -1.02. The molecule has 1 aliphatic rings. The van der Waals surface area contributed by atoms with Crippen LogP contribution in [0, 0.1) is 0 Å². The van der Waals surface area contributed by atoms with Gasteiger partial charge in [-0.25, -0.2) is 0 Å². The first kappa shape index (κ1) is 11.5. The van der Waals surface area contributed by atoms with Crippen molar-refractivity contribution in [3.8, 4) is 5.75 Å². The lowest BCUT2D eigenvalue weighted by molar-refractivity contribution is 0.155. The van der Waals surface area contributed by atoms with Crippen LogP contribution in [-0.4, -0.2) is 13.2 Å². The molecule has 0 amide bonds. The van der Waals surface area contributed by atoms with Crippen LogP contribution in [0.2, 0.25) is 0 Å². The third-order valence-corrected chi connectivity index (χ3v) is 3.16. The Balaban J connectivity index is 1.88. The van der Waals surface area contributed by atoms with E-state index in [4.69, 9.17) is 4.74 Å². The Bertz CT molecular complexity index is 301. The molecule has 0 saturated heterocycles. The number of benzene rings is 1. The monoisotopic (exact) mass is 219 g/mol. The van der Waals surface area contributed by atoms with E-state index < -0.39 is 0 Å².